The normalized spacial score (nSPS) is 17.5. The van der Waals surface area contributed by atoms with Gasteiger partial charge in [-0.2, -0.15) is 0 Å². The summed E-state index contributed by atoms with van der Waals surface area (Å²) in [5.41, 5.74) is 0.301. The number of para-hydroxylation sites is 1. The van der Waals surface area contributed by atoms with Gasteiger partial charge < -0.3 is 29.3 Å². The Balaban J connectivity index is 1.34. The average Bonchev–Trinajstić information content (AvgIpc) is 3.02. The fraction of sp³-hybridized carbons (Fsp3) is 0.259. The molecule has 0 aromatic heterocycles. The molecule has 2 amide bonds. The molecule has 3 aromatic carbocycles. The molecule has 0 radical (unpaired) electrons. The highest BCUT2D eigenvalue weighted by atomic mass is 19.1. The third-order valence-corrected chi connectivity index (χ3v) is 6.24. The first kappa shape index (κ1) is 24.5. The molecule has 1 atom stereocenters. The van der Waals surface area contributed by atoms with Gasteiger partial charge in [-0.25, -0.2) is 8.78 Å². The molecule has 2 aliphatic heterocycles. The average molecular weight is 510 g/mol. The molecule has 1 saturated heterocycles. The predicted octanol–water partition coefficient (Wildman–Crippen LogP) is 3.75. The van der Waals surface area contributed by atoms with Crippen molar-refractivity contribution in [1.29, 1.82) is 0 Å². The number of likely N-dealkylation sites (N-methyl/N-ethyl adjacent to an activating group) is 1. The fourth-order valence-electron chi connectivity index (χ4n) is 4.26. The largest absolute Gasteiger partial charge is 0.489 e. The van der Waals surface area contributed by atoms with Crippen molar-refractivity contribution in [2.75, 3.05) is 49.8 Å². The van der Waals surface area contributed by atoms with E-state index in [1.165, 1.54) is 30.1 Å². The van der Waals surface area contributed by atoms with Gasteiger partial charge in [0, 0.05) is 32.3 Å². The van der Waals surface area contributed by atoms with Gasteiger partial charge in [0.05, 0.1) is 30.2 Å². The number of fused-ring (bicyclic) bond motifs is 1. The first-order chi connectivity index (χ1) is 17.9. The van der Waals surface area contributed by atoms with Gasteiger partial charge in [-0.1, -0.05) is 18.2 Å². The molecule has 192 valence electrons. The molecule has 0 unspecified atom stereocenters. The highest BCUT2D eigenvalue weighted by Crippen LogP contribution is 2.37. The van der Waals surface area contributed by atoms with Crippen molar-refractivity contribution >= 4 is 23.2 Å². The van der Waals surface area contributed by atoms with Crippen LogP contribution in [0.1, 0.15) is 10.4 Å². The number of hydrogen-bond donors (Lipinski definition) is 1. The van der Waals surface area contributed by atoms with Gasteiger partial charge in [0.1, 0.15) is 41.5 Å². The number of amides is 2. The van der Waals surface area contributed by atoms with Gasteiger partial charge in [-0.3, -0.25) is 9.59 Å². The quantitative estimate of drug-likeness (QED) is 0.565. The van der Waals surface area contributed by atoms with Gasteiger partial charge in [-0.15, -0.1) is 0 Å². The van der Waals surface area contributed by atoms with E-state index in [2.05, 4.69) is 5.32 Å². The molecule has 0 spiro atoms. The number of nitrogens with zero attached hydrogens (tertiary/aromatic N) is 2. The summed E-state index contributed by atoms with van der Waals surface area (Å²) < 4.78 is 46.4. The molecule has 0 saturated carbocycles. The van der Waals surface area contributed by atoms with E-state index < -0.39 is 29.5 Å². The molecule has 10 heteroatoms. The minimum absolute atomic E-state index is 0.210. The number of anilines is 2. The number of halogens is 2. The lowest BCUT2D eigenvalue weighted by molar-refractivity contribution is -0.120. The van der Waals surface area contributed by atoms with Crippen molar-refractivity contribution in [2.24, 2.45) is 0 Å². The lowest BCUT2D eigenvalue weighted by Crippen LogP contribution is -2.49. The van der Waals surface area contributed by atoms with E-state index in [-0.39, 0.29) is 23.6 Å². The van der Waals surface area contributed by atoms with Crippen LogP contribution in [0.4, 0.5) is 20.2 Å². The van der Waals surface area contributed by atoms with Gasteiger partial charge in [0.15, 0.2) is 0 Å². The molecular formula is C27H25F2N3O5. The molecule has 1 fully saturated rings. The van der Waals surface area contributed by atoms with Crippen LogP contribution in [-0.4, -0.2) is 57.8 Å². The van der Waals surface area contributed by atoms with Crippen LogP contribution in [0.25, 0.3) is 0 Å². The summed E-state index contributed by atoms with van der Waals surface area (Å²) in [5, 5.41) is 2.54. The van der Waals surface area contributed by atoms with Gasteiger partial charge in [0.25, 0.3) is 11.8 Å². The third kappa shape index (κ3) is 5.19. The molecule has 0 aliphatic carbocycles. The van der Waals surface area contributed by atoms with Crippen LogP contribution in [0.5, 0.6) is 17.2 Å². The van der Waals surface area contributed by atoms with E-state index in [0.29, 0.717) is 43.5 Å². The lowest BCUT2D eigenvalue weighted by Gasteiger charge is -2.30. The monoisotopic (exact) mass is 509 g/mol. The zero-order valence-electron chi connectivity index (χ0n) is 20.1. The Bertz CT molecular complexity index is 1310. The zero-order chi connectivity index (χ0) is 25.9. The van der Waals surface area contributed by atoms with E-state index in [4.69, 9.17) is 14.2 Å². The number of morpholine rings is 1. The van der Waals surface area contributed by atoms with E-state index in [0.717, 1.165) is 6.07 Å². The number of nitrogens with one attached hydrogen (secondary N) is 1. The van der Waals surface area contributed by atoms with Crippen LogP contribution in [-0.2, 0) is 9.53 Å². The first-order valence-corrected chi connectivity index (χ1v) is 11.8. The minimum atomic E-state index is -1.13. The summed E-state index contributed by atoms with van der Waals surface area (Å²) in [7, 11) is 1.47. The minimum Gasteiger partial charge on any atom is -0.489 e. The third-order valence-electron chi connectivity index (χ3n) is 6.24. The Morgan fingerprint density at radius 2 is 1.73 bits per heavy atom. The number of ether oxygens (including phenoxy) is 3. The van der Waals surface area contributed by atoms with Gasteiger partial charge in [0.2, 0.25) is 0 Å². The van der Waals surface area contributed by atoms with Crippen LogP contribution < -0.4 is 24.6 Å². The fourth-order valence-corrected chi connectivity index (χ4v) is 4.26. The Hall–Kier alpha value is -4.18. The molecule has 0 bridgehead atoms. The molecule has 3 aromatic rings. The van der Waals surface area contributed by atoms with Crippen LogP contribution in [0, 0.1) is 11.6 Å². The summed E-state index contributed by atoms with van der Waals surface area (Å²) >= 11 is 0. The predicted molar refractivity (Wildman–Crippen MR) is 133 cm³/mol. The smallest absolute Gasteiger partial charge is 0.255 e. The summed E-state index contributed by atoms with van der Waals surface area (Å²) in [6.45, 7) is 1.82. The molecular weight excluding hydrogens is 484 g/mol. The van der Waals surface area contributed by atoms with Crippen LogP contribution >= 0.6 is 0 Å². The molecule has 1 N–H and O–H groups in total. The maximum atomic E-state index is 15.0. The van der Waals surface area contributed by atoms with E-state index >= 15 is 0 Å². The van der Waals surface area contributed by atoms with Crippen molar-refractivity contribution in [3.05, 3.63) is 77.9 Å². The lowest BCUT2D eigenvalue weighted by atomic mass is 10.1. The molecule has 2 aliphatic rings. The number of carbonyl (C=O) groups is 2. The maximum absolute atomic E-state index is 15.0. The number of carbonyl (C=O) groups excluding carboxylic acids is 2. The highest BCUT2D eigenvalue weighted by molar-refractivity contribution is 6.03. The Labute approximate surface area is 212 Å². The van der Waals surface area contributed by atoms with Crippen molar-refractivity contribution in [1.82, 2.24) is 5.32 Å². The molecule has 5 rings (SSSR count). The first-order valence-electron chi connectivity index (χ1n) is 11.8. The summed E-state index contributed by atoms with van der Waals surface area (Å²) in [5.74, 6) is -1.51. The van der Waals surface area contributed by atoms with Crippen LogP contribution in [0.3, 0.4) is 0 Å². The van der Waals surface area contributed by atoms with Gasteiger partial charge in [-0.05, 0) is 30.3 Å². The van der Waals surface area contributed by atoms with Crippen molar-refractivity contribution in [3.8, 4) is 17.2 Å². The Morgan fingerprint density at radius 1 is 0.973 bits per heavy atom. The summed E-state index contributed by atoms with van der Waals surface area (Å²) in [4.78, 5) is 29.2. The van der Waals surface area contributed by atoms with Crippen LogP contribution in [0.15, 0.2) is 60.7 Å². The second-order valence-corrected chi connectivity index (χ2v) is 8.66. The molecule has 37 heavy (non-hydrogen) atoms. The maximum Gasteiger partial charge on any atom is 0.255 e. The number of hydrogen-bond acceptors (Lipinski definition) is 6. The van der Waals surface area contributed by atoms with Crippen molar-refractivity contribution in [2.45, 2.75) is 6.04 Å². The standard InChI is InChI=1S/C27H25F2N3O5/c1-31-24-14-21(29)23(32-9-11-35-12-10-32)15-25(24)36-16-22(27(31)34)30-26(33)19-13-18(7-8-20(19)28)37-17-5-3-2-4-6-17/h2-8,13-15,22H,9-12,16H2,1H3,(H,30,33)/t22-/m0/s1. The topological polar surface area (TPSA) is 80.3 Å². The van der Waals surface area contributed by atoms with E-state index in [1.54, 1.807) is 30.3 Å². The van der Waals surface area contributed by atoms with Crippen molar-refractivity contribution in [3.63, 3.8) is 0 Å². The summed E-state index contributed by atoms with van der Waals surface area (Å²) in [6.07, 6.45) is 0. The SMILES string of the molecule is CN1C(=O)[C@@H](NC(=O)c2cc(Oc3ccccc3)ccc2F)COc2cc(N3CCOCC3)c(F)cc21. The number of benzene rings is 3. The Kier molecular flexibility index (Phi) is 6.91. The Morgan fingerprint density at radius 3 is 2.49 bits per heavy atom. The highest BCUT2D eigenvalue weighted by Gasteiger charge is 2.33. The van der Waals surface area contributed by atoms with Crippen molar-refractivity contribution < 1.29 is 32.6 Å². The second-order valence-electron chi connectivity index (χ2n) is 8.66. The van der Waals surface area contributed by atoms with Gasteiger partial charge >= 0.3 is 0 Å². The molecule has 2 heterocycles. The second kappa shape index (κ2) is 10.4. The van der Waals surface area contributed by atoms with E-state index in [1.807, 2.05) is 11.0 Å². The van der Waals surface area contributed by atoms with E-state index in [9.17, 15) is 18.4 Å². The number of rotatable bonds is 5. The summed E-state index contributed by atoms with van der Waals surface area (Å²) in [6, 6.07) is 14.3. The van der Waals surface area contributed by atoms with Crippen LogP contribution in [0.2, 0.25) is 0 Å². The molecule has 8 nitrogen and oxygen atoms in total. The zero-order valence-corrected chi connectivity index (χ0v) is 20.1.